The number of hydrogen-bond acceptors (Lipinski definition) is 3. The second kappa shape index (κ2) is 7.38. The smallest absolute Gasteiger partial charge is 0.216 e. The van der Waals surface area contributed by atoms with Gasteiger partial charge in [0, 0.05) is 42.0 Å². The van der Waals surface area contributed by atoms with Gasteiger partial charge in [-0.2, -0.15) is 4.39 Å². The van der Waals surface area contributed by atoms with Crippen LogP contribution in [0.15, 0.2) is 48.9 Å². The van der Waals surface area contributed by atoms with Crippen molar-refractivity contribution >= 4 is 11.0 Å². The normalized spacial score (nSPS) is 11.1. The first kappa shape index (κ1) is 18.1. The van der Waals surface area contributed by atoms with E-state index >= 15 is 0 Å². The molecule has 0 radical (unpaired) electrons. The van der Waals surface area contributed by atoms with Crippen molar-refractivity contribution < 1.29 is 13.5 Å². The van der Waals surface area contributed by atoms with Crippen molar-refractivity contribution in [2.75, 3.05) is 7.11 Å². The molecule has 28 heavy (non-hydrogen) atoms. The summed E-state index contributed by atoms with van der Waals surface area (Å²) in [7, 11) is 1.49. The zero-order valence-electron chi connectivity index (χ0n) is 15.6. The third-order valence-corrected chi connectivity index (χ3v) is 4.68. The SMILES string of the molecule is COc1cc(F)cc(Cc2cnc(F)c(Cc3c[nH]c4ncc(C)cc34)c2)c1. The van der Waals surface area contributed by atoms with Gasteiger partial charge in [-0.1, -0.05) is 0 Å². The molecule has 4 nitrogen and oxygen atoms in total. The molecule has 0 saturated heterocycles. The number of H-pyrrole nitrogens is 1. The number of halogens is 2. The number of aromatic nitrogens is 3. The molecule has 4 aromatic rings. The van der Waals surface area contributed by atoms with E-state index in [4.69, 9.17) is 4.74 Å². The zero-order chi connectivity index (χ0) is 19.7. The molecule has 0 fully saturated rings. The topological polar surface area (TPSA) is 50.8 Å². The summed E-state index contributed by atoms with van der Waals surface area (Å²) in [5.74, 6) is -0.422. The van der Waals surface area contributed by atoms with Crippen molar-refractivity contribution in [2.24, 2.45) is 0 Å². The lowest BCUT2D eigenvalue weighted by atomic mass is 10.0. The number of benzene rings is 1. The van der Waals surface area contributed by atoms with Gasteiger partial charge in [-0.15, -0.1) is 0 Å². The number of nitrogens with one attached hydrogen (secondary N) is 1. The van der Waals surface area contributed by atoms with Gasteiger partial charge in [0.2, 0.25) is 5.95 Å². The molecule has 4 rings (SSSR count). The predicted molar refractivity (Wildman–Crippen MR) is 104 cm³/mol. The van der Waals surface area contributed by atoms with Crippen LogP contribution in [0.5, 0.6) is 5.75 Å². The summed E-state index contributed by atoms with van der Waals surface area (Å²) < 4.78 is 33.2. The number of fused-ring (bicyclic) bond motifs is 1. The Bertz CT molecular complexity index is 1150. The van der Waals surface area contributed by atoms with Crippen molar-refractivity contribution in [2.45, 2.75) is 19.8 Å². The Morgan fingerprint density at radius 3 is 2.61 bits per heavy atom. The van der Waals surface area contributed by atoms with Crippen molar-refractivity contribution in [1.82, 2.24) is 15.0 Å². The minimum atomic E-state index is -0.504. The molecule has 3 aromatic heterocycles. The highest BCUT2D eigenvalue weighted by Gasteiger charge is 2.12. The number of pyridine rings is 2. The van der Waals surface area contributed by atoms with Crippen molar-refractivity contribution in [1.29, 1.82) is 0 Å². The fourth-order valence-corrected chi connectivity index (χ4v) is 3.35. The Morgan fingerprint density at radius 1 is 0.929 bits per heavy atom. The Balaban J connectivity index is 1.64. The van der Waals surface area contributed by atoms with Gasteiger partial charge in [-0.25, -0.2) is 14.4 Å². The molecule has 0 aliphatic heterocycles. The maximum absolute atomic E-state index is 14.3. The van der Waals surface area contributed by atoms with Crippen molar-refractivity contribution in [3.05, 3.63) is 88.5 Å². The molecule has 0 aliphatic rings. The lowest BCUT2D eigenvalue weighted by Crippen LogP contribution is -2.00. The molecule has 1 aromatic carbocycles. The molecule has 3 heterocycles. The quantitative estimate of drug-likeness (QED) is 0.510. The third-order valence-electron chi connectivity index (χ3n) is 4.68. The maximum Gasteiger partial charge on any atom is 0.216 e. The van der Waals surface area contributed by atoms with Gasteiger partial charge in [-0.3, -0.25) is 0 Å². The van der Waals surface area contributed by atoms with E-state index < -0.39 is 5.95 Å². The molecule has 0 spiro atoms. The summed E-state index contributed by atoms with van der Waals surface area (Å²) in [5.41, 5.74) is 4.80. The number of hydrogen-bond donors (Lipinski definition) is 1. The summed E-state index contributed by atoms with van der Waals surface area (Å²) in [5, 5.41) is 0.972. The Hall–Kier alpha value is -3.28. The molecular weight excluding hydrogens is 360 g/mol. The molecule has 0 unspecified atom stereocenters. The molecule has 0 amide bonds. The van der Waals surface area contributed by atoms with Crippen LogP contribution in [0.2, 0.25) is 0 Å². The van der Waals surface area contributed by atoms with Crippen LogP contribution in [0.4, 0.5) is 8.78 Å². The summed E-state index contributed by atoms with van der Waals surface area (Å²) >= 11 is 0. The largest absolute Gasteiger partial charge is 0.497 e. The molecule has 0 bridgehead atoms. The van der Waals surface area contributed by atoms with E-state index in [1.54, 1.807) is 18.3 Å². The van der Waals surface area contributed by atoms with E-state index in [2.05, 4.69) is 15.0 Å². The molecule has 6 heteroatoms. The summed E-state index contributed by atoms with van der Waals surface area (Å²) in [6.07, 6.45) is 5.95. The van der Waals surface area contributed by atoms with Crippen LogP contribution in [0.25, 0.3) is 11.0 Å². The van der Waals surface area contributed by atoms with Crippen LogP contribution in [-0.4, -0.2) is 22.1 Å². The van der Waals surface area contributed by atoms with Gasteiger partial charge in [0.05, 0.1) is 7.11 Å². The van der Waals surface area contributed by atoms with E-state index in [1.165, 1.54) is 25.4 Å². The predicted octanol–water partition coefficient (Wildman–Crippen LogP) is 4.73. The lowest BCUT2D eigenvalue weighted by molar-refractivity contribution is 0.410. The first-order chi connectivity index (χ1) is 13.5. The summed E-state index contributed by atoms with van der Waals surface area (Å²) in [6, 6.07) is 8.34. The first-order valence-corrected chi connectivity index (χ1v) is 8.91. The van der Waals surface area contributed by atoms with Crippen LogP contribution in [-0.2, 0) is 12.8 Å². The summed E-state index contributed by atoms with van der Waals surface area (Å²) in [6.45, 7) is 1.97. The van der Waals surface area contributed by atoms with Crippen LogP contribution in [0.3, 0.4) is 0 Å². The second-order valence-corrected chi connectivity index (χ2v) is 6.87. The van der Waals surface area contributed by atoms with Crippen molar-refractivity contribution in [3.63, 3.8) is 0 Å². The van der Waals surface area contributed by atoms with E-state index in [1.807, 2.05) is 19.2 Å². The van der Waals surface area contributed by atoms with E-state index in [0.29, 0.717) is 24.2 Å². The Kier molecular flexibility index (Phi) is 4.77. The first-order valence-electron chi connectivity index (χ1n) is 8.91. The van der Waals surface area contributed by atoms with E-state index in [0.717, 1.165) is 33.3 Å². The Labute approximate surface area is 161 Å². The minimum Gasteiger partial charge on any atom is -0.497 e. The standard InChI is InChI=1S/C22H19F2N3O/c1-13-3-20-17(12-27-22(20)26-10-13)8-16-5-15(11-25-21(16)24)4-14-6-18(23)9-19(7-14)28-2/h3,5-7,9-12H,4,8H2,1-2H3,(H,26,27). The van der Waals surface area contributed by atoms with E-state index in [9.17, 15) is 8.78 Å². The lowest BCUT2D eigenvalue weighted by Gasteiger charge is -2.08. The Morgan fingerprint density at radius 2 is 1.79 bits per heavy atom. The van der Waals surface area contributed by atoms with Gasteiger partial charge in [-0.05, 0) is 59.9 Å². The number of aromatic amines is 1. The molecule has 142 valence electrons. The van der Waals surface area contributed by atoms with Crippen molar-refractivity contribution in [3.8, 4) is 5.75 Å². The van der Waals surface area contributed by atoms with Gasteiger partial charge in [0.25, 0.3) is 0 Å². The number of ether oxygens (including phenoxy) is 1. The average Bonchev–Trinajstić information content (AvgIpc) is 3.06. The number of aryl methyl sites for hydroxylation is 1. The van der Waals surface area contributed by atoms with Crippen LogP contribution in [0, 0.1) is 18.7 Å². The fraction of sp³-hybridized carbons (Fsp3) is 0.182. The molecule has 1 N–H and O–H groups in total. The fourth-order valence-electron chi connectivity index (χ4n) is 3.35. The monoisotopic (exact) mass is 379 g/mol. The van der Waals surface area contributed by atoms with E-state index in [-0.39, 0.29) is 5.82 Å². The highest BCUT2D eigenvalue weighted by atomic mass is 19.1. The van der Waals surface area contributed by atoms with Crippen LogP contribution >= 0.6 is 0 Å². The highest BCUT2D eigenvalue weighted by molar-refractivity contribution is 5.80. The average molecular weight is 379 g/mol. The second-order valence-electron chi connectivity index (χ2n) is 6.87. The minimum absolute atomic E-state index is 0.369. The van der Waals surface area contributed by atoms with Gasteiger partial charge in [0.15, 0.2) is 0 Å². The number of rotatable bonds is 5. The molecule has 0 atom stereocenters. The molecule has 0 saturated carbocycles. The van der Waals surface area contributed by atoms with Gasteiger partial charge >= 0.3 is 0 Å². The number of methoxy groups -OCH3 is 1. The van der Waals surface area contributed by atoms with Crippen LogP contribution in [0.1, 0.15) is 27.8 Å². The van der Waals surface area contributed by atoms with Gasteiger partial charge < -0.3 is 9.72 Å². The number of nitrogens with zero attached hydrogens (tertiary/aromatic N) is 2. The highest BCUT2D eigenvalue weighted by Crippen LogP contribution is 2.23. The van der Waals surface area contributed by atoms with Gasteiger partial charge in [0.1, 0.15) is 17.2 Å². The zero-order valence-corrected chi connectivity index (χ0v) is 15.6. The summed E-state index contributed by atoms with van der Waals surface area (Å²) in [4.78, 5) is 11.4. The van der Waals surface area contributed by atoms with Crippen LogP contribution < -0.4 is 4.74 Å². The third kappa shape index (κ3) is 3.71. The molecule has 0 aliphatic carbocycles. The maximum atomic E-state index is 14.3. The molecular formula is C22H19F2N3O.